The normalized spacial score (nSPS) is 15.4. The van der Waals surface area contributed by atoms with Gasteiger partial charge in [-0.15, -0.1) is 0 Å². The second-order valence-electron chi connectivity index (χ2n) is 6.47. The van der Waals surface area contributed by atoms with Gasteiger partial charge in [0.2, 0.25) is 5.82 Å². The third kappa shape index (κ3) is 4.34. The first kappa shape index (κ1) is 18.4. The van der Waals surface area contributed by atoms with Gasteiger partial charge < -0.3 is 14.5 Å². The van der Waals surface area contributed by atoms with E-state index in [9.17, 15) is 19.3 Å². The molecule has 0 aromatic heterocycles. The molecule has 0 N–H and O–H groups in total. The van der Waals surface area contributed by atoms with Crippen LogP contribution in [0.4, 0.5) is 20.6 Å². The van der Waals surface area contributed by atoms with Gasteiger partial charge in [-0.3, -0.25) is 10.1 Å². The zero-order valence-corrected chi connectivity index (χ0v) is 15.3. The first-order valence-corrected chi connectivity index (χ1v) is 8.24. The highest BCUT2D eigenvalue weighted by Gasteiger charge is 2.30. The number of ether oxygens (including phenoxy) is 1. The minimum absolute atomic E-state index is 0.204. The van der Waals surface area contributed by atoms with Crippen molar-refractivity contribution >= 4 is 33.4 Å². The third-order valence-corrected chi connectivity index (χ3v) is 3.92. The van der Waals surface area contributed by atoms with E-state index in [-0.39, 0.29) is 5.69 Å². The maximum absolute atomic E-state index is 13.9. The number of carbonyl (C=O) groups excluding carboxylic acids is 1. The average Bonchev–Trinajstić information content (AvgIpc) is 2.44. The largest absolute Gasteiger partial charge is 0.444 e. The molecule has 1 aliphatic heterocycles. The van der Waals surface area contributed by atoms with Crippen LogP contribution in [0, 0.1) is 15.9 Å². The molecule has 0 bridgehead atoms. The summed E-state index contributed by atoms with van der Waals surface area (Å²) in [5.41, 5.74) is -0.930. The number of anilines is 1. The van der Waals surface area contributed by atoms with Crippen molar-refractivity contribution in [2.24, 2.45) is 0 Å². The number of nitrogens with zero attached hydrogens (tertiary/aromatic N) is 3. The van der Waals surface area contributed by atoms with Crippen LogP contribution in [-0.4, -0.2) is 47.7 Å². The predicted molar refractivity (Wildman–Crippen MR) is 90.8 cm³/mol. The number of benzene rings is 1. The standard InChI is InChI=1S/C15H19BrFN3O4/c1-15(2,3)24-14(21)19-6-4-18(5-7-19)12-9-10(16)8-11(17)13(12)20(22)23/h8-9H,4-7H2,1-3H3. The summed E-state index contributed by atoms with van der Waals surface area (Å²) in [6.07, 6.45) is -0.419. The fraction of sp³-hybridized carbons (Fsp3) is 0.533. The molecule has 9 heteroatoms. The summed E-state index contributed by atoms with van der Waals surface area (Å²) in [4.78, 5) is 25.7. The number of nitro groups is 1. The van der Waals surface area contributed by atoms with E-state index in [1.807, 2.05) is 0 Å². The maximum Gasteiger partial charge on any atom is 0.410 e. The summed E-state index contributed by atoms with van der Waals surface area (Å²) in [7, 11) is 0. The van der Waals surface area contributed by atoms with Crippen molar-refractivity contribution in [3.05, 3.63) is 32.5 Å². The molecule has 1 aromatic rings. The highest BCUT2D eigenvalue weighted by molar-refractivity contribution is 9.10. The Labute approximate surface area is 147 Å². The average molecular weight is 404 g/mol. The summed E-state index contributed by atoms with van der Waals surface area (Å²) in [6.45, 7) is 6.77. The number of hydrogen-bond donors (Lipinski definition) is 0. The Balaban J connectivity index is 2.13. The molecule has 0 aliphatic carbocycles. The smallest absolute Gasteiger partial charge is 0.410 e. The van der Waals surface area contributed by atoms with E-state index in [4.69, 9.17) is 4.74 Å². The molecule has 1 fully saturated rings. The Hall–Kier alpha value is -1.90. The summed E-state index contributed by atoms with van der Waals surface area (Å²) in [6, 6.07) is 2.59. The van der Waals surface area contributed by atoms with Gasteiger partial charge in [0.05, 0.1) is 4.92 Å². The molecule has 1 heterocycles. The van der Waals surface area contributed by atoms with E-state index < -0.39 is 28.1 Å². The first-order valence-electron chi connectivity index (χ1n) is 7.45. The number of nitro benzene ring substituents is 1. The van der Waals surface area contributed by atoms with E-state index >= 15 is 0 Å². The molecule has 1 saturated heterocycles. The van der Waals surface area contributed by atoms with Crippen LogP contribution in [0.5, 0.6) is 0 Å². The zero-order valence-electron chi connectivity index (χ0n) is 13.7. The van der Waals surface area contributed by atoms with Crippen molar-refractivity contribution in [1.82, 2.24) is 4.90 Å². The van der Waals surface area contributed by atoms with Gasteiger partial charge in [-0.2, -0.15) is 4.39 Å². The second-order valence-corrected chi connectivity index (χ2v) is 7.38. The van der Waals surface area contributed by atoms with Crippen LogP contribution in [0.15, 0.2) is 16.6 Å². The Morgan fingerprint density at radius 2 is 1.88 bits per heavy atom. The van der Waals surface area contributed by atoms with Crippen molar-refractivity contribution in [2.45, 2.75) is 26.4 Å². The summed E-state index contributed by atoms with van der Waals surface area (Å²) >= 11 is 3.16. The van der Waals surface area contributed by atoms with Crippen LogP contribution < -0.4 is 4.90 Å². The number of carbonyl (C=O) groups is 1. The molecule has 1 aromatic carbocycles. The van der Waals surface area contributed by atoms with Gasteiger partial charge >= 0.3 is 11.8 Å². The highest BCUT2D eigenvalue weighted by Crippen LogP contribution is 2.34. The number of halogens is 2. The lowest BCUT2D eigenvalue weighted by atomic mass is 10.2. The fourth-order valence-electron chi connectivity index (χ4n) is 2.43. The Morgan fingerprint density at radius 1 is 1.29 bits per heavy atom. The van der Waals surface area contributed by atoms with Gasteiger partial charge in [0, 0.05) is 30.7 Å². The number of amides is 1. The molecule has 0 saturated carbocycles. The van der Waals surface area contributed by atoms with Crippen molar-refractivity contribution in [3.63, 3.8) is 0 Å². The third-order valence-electron chi connectivity index (χ3n) is 3.46. The van der Waals surface area contributed by atoms with Gasteiger partial charge in [0.25, 0.3) is 0 Å². The van der Waals surface area contributed by atoms with E-state index in [2.05, 4.69) is 15.9 Å². The number of rotatable bonds is 2. The highest BCUT2D eigenvalue weighted by atomic mass is 79.9. The molecule has 7 nitrogen and oxygen atoms in total. The van der Waals surface area contributed by atoms with E-state index in [1.165, 1.54) is 6.07 Å². The molecule has 0 radical (unpaired) electrons. The van der Waals surface area contributed by atoms with Crippen molar-refractivity contribution in [3.8, 4) is 0 Å². The number of hydrogen-bond acceptors (Lipinski definition) is 5. The summed E-state index contributed by atoms with van der Waals surface area (Å²) < 4.78 is 19.7. The Kier molecular flexibility index (Phi) is 5.32. The topological polar surface area (TPSA) is 75.9 Å². The van der Waals surface area contributed by atoms with Crippen LogP contribution in [0.25, 0.3) is 0 Å². The predicted octanol–water partition coefficient (Wildman–Crippen LogP) is 3.55. The van der Waals surface area contributed by atoms with Crippen LogP contribution in [0.2, 0.25) is 0 Å². The molecule has 2 rings (SSSR count). The van der Waals surface area contributed by atoms with Gasteiger partial charge in [0.15, 0.2) is 0 Å². The van der Waals surface area contributed by atoms with E-state index in [1.54, 1.807) is 30.6 Å². The monoisotopic (exact) mass is 403 g/mol. The lowest BCUT2D eigenvalue weighted by Crippen LogP contribution is -2.50. The molecule has 1 aliphatic rings. The molecule has 0 unspecified atom stereocenters. The van der Waals surface area contributed by atoms with Gasteiger partial charge in [0.1, 0.15) is 11.3 Å². The van der Waals surface area contributed by atoms with E-state index in [0.29, 0.717) is 30.7 Å². The van der Waals surface area contributed by atoms with Gasteiger partial charge in [-0.25, -0.2) is 4.79 Å². The quantitative estimate of drug-likeness (QED) is 0.557. The van der Waals surface area contributed by atoms with Crippen LogP contribution in [0.1, 0.15) is 20.8 Å². The van der Waals surface area contributed by atoms with Gasteiger partial charge in [-0.05, 0) is 32.9 Å². The molecule has 1 amide bonds. The first-order chi connectivity index (χ1) is 11.1. The molecular weight excluding hydrogens is 385 g/mol. The number of piperazine rings is 1. The van der Waals surface area contributed by atoms with Crippen LogP contribution >= 0.6 is 15.9 Å². The summed E-state index contributed by atoms with van der Waals surface area (Å²) in [5, 5.41) is 11.2. The van der Waals surface area contributed by atoms with Crippen molar-refractivity contribution in [1.29, 1.82) is 0 Å². The molecular formula is C15H19BrFN3O4. The van der Waals surface area contributed by atoms with Crippen LogP contribution in [-0.2, 0) is 4.74 Å². The summed E-state index contributed by atoms with van der Waals surface area (Å²) in [5.74, 6) is -0.890. The van der Waals surface area contributed by atoms with Gasteiger partial charge in [-0.1, -0.05) is 15.9 Å². The van der Waals surface area contributed by atoms with E-state index in [0.717, 1.165) is 6.07 Å². The minimum Gasteiger partial charge on any atom is -0.444 e. The SMILES string of the molecule is CC(C)(C)OC(=O)N1CCN(c2cc(Br)cc(F)c2[N+](=O)[O-])CC1. The minimum atomic E-state index is -0.890. The van der Waals surface area contributed by atoms with Crippen LogP contribution in [0.3, 0.4) is 0 Å². The molecule has 132 valence electrons. The molecule has 0 atom stereocenters. The molecule has 0 spiro atoms. The lowest BCUT2D eigenvalue weighted by molar-refractivity contribution is -0.386. The Bertz CT molecular complexity index is 655. The Morgan fingerprint density at radius 3 is 2.38 bits per heavy atom. The zero-order chi connectivity index (χ0) is 18.1. The fourth-order valence-corrected chi connectivity index (χ4v) is 2.85. The van der Waals surface area contributed by atoms with Crippen molar-refractivity contribution in [2.75, 3.05) is 31.1 Å². The maximum atomic E-state index is 13.9. The molecule has 24 heavy (non-hydrogen) atoms. The van der Waals surface area contributed by atoms with Crippen molar-refractivity contribution < 1.29 is 18.8 Å². The lowest BCUT2D eigenvalue weighted by Gasteiger charge is -2.36. The second kappa shape index (κ2) is 6.92.